The number of ether oxygens (including phenoxy) is 1. The maximum absolute atomic E-state index is 13.7. The van der Waals surface area contributed by atoms with Crippen LogP contribution >= 0.6 is 0 Å². The normalized spacial score (nSPS) is 11.3. The summed E-state index contributed by atoms with van der Waals surface area (Å²) in [6.07, 6.45) is 0. The van der Waals surface area contributed by atoms with Crippen LogP contribution in [-0.4, -0.2) is 11.6 Å². The first-order valence-corrected chi connectivity index (χ1v) is 4.99. The van der Waals surface area contributed by atoms with Gasteiger partial charge >= 0.3 is 5.97 Å². The summed E-state index contributed by atoms with van der Waals surface area (Å²) >= 11 is 0. The van der Waals surface area contributed by atoms with E-state index in [2.05, 4.69) is 0 Å². The van der Waals surface area contributed by atoms with Crippen molar-refractivity contribution in [1.29, 1.82) is 0 Å². The molecule has 0 aromatic heterocycles. The van der Waals surface area contributed by atoms with Gasteiger partial charge in [0.25, 0.3) is 0 Å². The Bertz CT molecular complexity index is 422. The minimum absolute atomic E-state index is 0.118. The summed E-state index contributed by atoms with van der Waals surface area (Å²) in [5.41, 5.74) is 5.47. The highest BCUT2D eigenvalue weighted by Gasteiger charge is 2.21. The van der Waals surface area contributed by atoms with Crippen molar-refractivity contribution in [2.45, 2.75) is 33.3 Å². The van der Waals surface area contributed by atoms with Crippen LogP contribution in [0.4, 0.5) is 10.1 Å². The summed E-state index contributed by atoms with van der Waals surface area (Å²) in [6, 6.07) is 2.76. The lowest BCUT2D eigenvalue weighted by Crippen LogP contribution is -2.24. The van der Waals surface area contributed by atoms with E-state index in [1.54, 1.807) is 27.7 Å². The fourth-order valence-corrected chi connectivity index (χ4v) is 1.28. The molecule has 0 spiro atoms. The van der Waals surface area contributed by atoms with Crippen molar-refractivity contribution in [3.63, 3.8) is 0 Å². The van der Waals surface area contributed by atoms with E-state index >= 15 is 0 Å². The minimum Gasteiger partial charge on any atom is -0.456 e. The monoisotopic (exact) mass is 225 g/mol. The Morgan fingerprint density at radius 2 is 1.94 bits per heavy atom. The molecule has 4 heteroatoms. The van der Waals surface area contributed by atoms with Crippen molar-refractivity contribution < 1.29 is 13.9 Å². The van der Waals surface area contributed by atoms with Gasteiger partial charge in [-0.1, -0.05) is 0 Å². The van der Waals surface area contributed by atoms with Gasteiger partial charge in [0.15, 0.2) is 0 Å². The summed E-state index contributed by atoms with van der Waals surface area (Å²) < 4.78 is 18.7. The van der Waals surface area contributed by atoms with Crippen LogP contribution in [0.2, 0.25) is 0 Å². The smallest absolute Gasteiger partial charge is 0.341 e. The van der Waals surface area contributed by atoms with Crippen LogP contribution in [0.25, 0.3) is 0 Å². The van der Waals surface area contributed by atoms with Crippen molar-refractivity contribution >= 4 is 11.7 Å². The molecule has 0 radical (unpaired) electrons. The van der Waals surface area contributed by atoms with Gasteiger partial charge in [-0.15, -0.1) is 0 Å². The molecule has 2 N–H and O–H groups in total. The molecule has 0 aliphatic rings. The minimum atomic E-state index is -0.694. The maximum atomic E-state index is 13.7. The molecular formula is C12H16FNO2. The first-order chi connectivity index (χ1) is 7.20. The molecule has 0 amide bonds. The van der Waals surface area contributed by atoms with E-state index in [0.717, 1.165) is 0 Å². The largest absolute Gasteiger partial charge is 0.456 e. The Morgan fingerprint density at radius 3 is 2.44 bits per heavy atom. The molecule has 0 saturated heterocycles. The van der Waals surface area contributed by atoms with Gasteiger partial charge < -0.3 is 10.5 Å². The van der Waals surface area contributed by atoms with Gasteiger partial charge in [0.05, 0.1) is 5.56 Å². The Balaban J connectivity index is 3.09. The molecule has 0 aliphatic heterocycles. The summed E-state index contributed by atoms with van der Waals surface area (Å²) in [7, 11) is 0. The summed E-state index contributed by atoms with van der Waals surface area (Å²) in [5.74, 6) is -1.27. The number of halogens is 1. The van der Waals surface area contributed by atoms with Gasteiger partial charge in [0.2, 0.25) is 0 Å². The average Bonchev–Trinajstić information content (AvgIpc) is 2.08. The zero-order chi connectivity index (χ0) is 12.5. The quantitative estimate of drug-likeness (QED) is 0.590. The SMILES string of the molecule is Cc1cc(N)cc(C(=O)OC(C)(C)C)c1F. The number of nitrogens with two attached hydrogens (primary N) is 1. The standard InChI is InChI=1S/C12H16FNO2/c1-7-5-8(14)6-9(10(7)13)11(15)16-12(2,3)4/h5-6H,14H2,1-4H3. The molecule has 16 heavy (non-hydrogen) atoms. The number of carbonyl (C=O) groups is 1. The second-order valence-electron chi connectivity index (χ2n) is 4.70. The number of hydrogen-bond donors (Lipinski definition) is 1. The molecule has 0 atom stereocenters. The topological polar surface area (TPSA) is 52.3 Å². The highest BCUT2D eigenvalue weighted by Crippen LogP contribution is 2.20. The first-order valence-electron chi connectivity index (χ1n) is 4.99. The second-order valence-corrected chi connectivity index (χ2v) is 4.70. The van der Waals surface area contributed by atoms with E-state index in [1.165, 1.54) is 12.1 Å². The van der Waals surface area contributed by atoms with Crippen molar-refractivity contribution in [3.8, 4) is 0 Å². The number of anilines is 1. The first kappa shape index (κ1) is 12.5. The number of benzene rings is 1. The highest BCUT2D eigenvalue weighted by molar-refractivity contribution is 5.91. The van der Waals surface area contributed by atoms with Crippen molar-refractivity contribution in [3.05, 3.63) is 29.1 Å². The number of esters is 1. The van der Waals surface area contributed by atoms with E-state index in [1.807, 2.05) is 0 Å². The third kappa shape index (κ3) is 2.95. The van der Waals surface area contributed by atoms with Gasteiger partial charge in [-0.25, -0.2) is 9.18 Å². The molecule has 0 unspecified atom stereocenters. The van der Waals surface area contributed by atoms with Gasteiger partial charge in [-0.05, 0) is 45.4 Å². The van der Waals surface area contributed by atoms with Crippen LogP contribution in [0.3, 0.4) is 0 Å². The molecule has 0 aliphatic carbocycles. The van der Waals surface area contributed by atoms with E-state index in [9.17, 15) is 9.18 Å². The number of aryl methyl sites for hydroxylation is 1. The fourth-order valence-electron chi connectivity index (χ4n) is 1.28. The Labute approximate surface area is 94.4 Å². The van der Waals surface area contributed by atoms with E-state index < -0.39 is 17.4 Å². The summed E-state index contributed by atoms with van der Waals surface area (Å²) in [6.45, 7) is 6.73. The molecule has 0 fully saturated rings. The number of hydrogen-bond acceptors (Lipinski definition) is 3. The van der Waals surface area contributed by atoms with Crippen molar-refractivity contribution in [2.75, 3.05) is 5.73 Å². The molecule has 1 aromatic carbocycles. The predicted molar refractivity (Wildman–Crippen MR) is 60.7 cm³/mol. The van der Waals surface area contributed by atoms with Crippen LogP contribution < -0.4 is 5.73 Å². The molecule has 1 aromatic rings. The summed E-state index contributed by atoms with van der Waals surface area (Å²) in [4.78, 5) is 11.7. The van der Waals surface area contributed by atoms with Crippen LogP contribution in [-0.2, 0) is 4.74 Å². The van der Waals surface area contributed by atoms with Crippen LogP contribution in [0.1, 0.15) is 36.7 Å². The van der Waals surface area contributed by atoms with Gasteiger partial charge in [-0.3, -0.25) is 0 Å². The third-order valence-electron chi connectivity index (χ3n) is 1.90. The number of nitrogen functional groups attached to an aromatic ring is 1. The zero-order valence-electron chi connectivity index (χ0n) is 9.93. The summed E-state index contributed by atoms with van der Waals surface area (Å²) in [5, 5.41) is 0. The van der Waals surface area contributed by atoms with E-state index in [0.29, 0.717) is 11.3 Å². The molecule has 0 heterocycles. The Morgan fingerprint density at radius 1 is 1.38 bits per heavy atom. The molecular weight excluding hydrogens is 209 g/mol. The zero-order valence-corrected chi connectivity index (χ0v) is 9.93. The van der Waals surface area contributed by atoms with Gasteiger partial charge in [-0.2, -0.15) is 0 Å². The number of carbonyl (C=O) groups excluding carboxylic acids is 1. The van der Waals surface area contributed by atoms with Crippen LogP contribution in [0.5, 0.6) is 0 Å². The lowest BCUT2D eigenvalue weighted by molar-refractivity contribution is 0.00646. The fraction of sp³-hybridized carbons (Fsp3) is 0.417. The molecule has 1 rings (SSSR count). The molecule has 0 bridgehead atoms. The van der Waals surface area contributed by atoms with Crippen molar-refractivity contribution in [1.82, 2.24) is 0 Å². The predicted octanol–water partition coefficient (Wildman–Crippen LogP) is 2.67. The highest BCUT2D eigenvalue weighted by atomic mass is 19.1. The van der Waals surface area contributed by atoms with E-state index in [4.69, 9.17) is 10.5 Å². The van der Waals surface area contributed by atoms with Crippen LogP contribution in [0.15, 0.2) is 12.1 Å². The average molecular weight is 225 g/mol. The molecule has 88 valence electrons. The van der Waals surface area contributed by atoms with Gasteiger partial charge in [0, 0.05) is 5.69 Å². The molecule has 0 saturated carbocycles. The maximum Gasteiger partial charge on any atom is 0.341 e. The Kier molecular flexibility index (Phi) is 3.21. The van der Waals surface area contributed by atoms with Crippen LogP contribution in [0, 0.1) is 12.7 Å². The third-order valence-corrected chi connectivity index (χ3v) is 1.90. The van der Waals surface area contributed by atoms with Crippen molar-refractivity contribution in [2.24, 2.45) is 0 Å². The Hall–Kier alpha value is -1.58. The van der Waals surface area contributed by atoms with Gasteiger partial charge in [0.1, 0.15) is 11.4 Å². The number of rotatable bonds is 1. The van der Waals surface area contributed by atoms with E-state index in [-0.39, 0.29) is 5.56 Å². The lowest BCUT2D eigenvalue weighted by atomic mass is 10.1. The molecule has 3 nitrogen and oxygen atoms in total. The lowest BCUT2D eigenvalue weighted by Gasteiger charge is -2.20. The second kappa shape index (κ2) is 4.12.